The average molecular weight is 200 g/mol. The number of likely N-dealkylation sites (tertiary alicyclic amines) is 1. The predicted molar refractivity (Wildman–Crippen MR) is 62.8 cm³/mol. The molecule has 1 saturated heterocycles. The van der Waals surface area contributed by atoms with Crippen LogP contribution in [-0.4, -0.2) is 23.0 Å². The Hall–Kier alpha value is -1.28. The van der Waals surface area contributed by atoms with Gasteiger partial charge in [0.1, 0.15) is 0 Å². The molecule has 0 atom stereocenters. The van der Waals surface area contributed by atoms with Gasteiger partial charge in [0.25, 0.3) is 0 Å². The topological polar surface area (TPSA) is 19.0 Å². The van der Waals surface area contributed by atoms with Crippen LogP contribution in [0.4, 0.5) is 0 Å². The predicted octanol–water partition coefficient (Wildman–Crippen LogP) is 2.76. The molecular weight excluding hydrogens is 184 g/mol. The molecule has 15 heavy (non-hydrogen) atoms. The van der Waals surface area contributed by atoms with E-state index in [0.717, 1.165) is 6.54 Å². The van der Waals surface area contributed by atoms with Crippen molar-refractivity contribution >= 4 is 10.9 Å². The second kappa shape index (κ2) is 3.70. The highest BCUT2D eigenvalue weighted by atomic mass is 15.1. The highest BCUT2D eigenvalue weighted by molar-refractivity contribution is 5.79. The minimum absolute atomic E-state index is 1.11. The Kier molecular flexibility index (Phi) is 2.22. The molecule has 2 heteroatoms. The number of aromatic amines is 1. The summed E-state index contributed by atoms with van der Waals surface area (Å²) >= 11 is 0. The van der Waals surface area contributed by atoms with Crippen LogP contribution < -0.4 is 0 Å². The van der Waals surface area contributed by atoms with Crippen molar-refractivity contribution in [1.82, 2.24) is 9.88 Å². The van der Waals surface area contributed by atoms with E-state index in [1.54, 1.807) is 0 Å². The normalized spacial score (nSPS) is 17.6. The zero-order valence-corrected chi connectivity index (χ0v) is 8.87. The van der Waals surface area contributed by atoms with E-state index in [1.807, 2.05) is 6.20 Å². The molecule has 78 valence electrons. The van der Waals surface area contributed by atoms with Gasteiger partial charge in [-0.05, 0) is 55.1 Å². The largest absolute Gasteiger partial charge is 0.361 e. The molecule has 3 rings (SSSR count). The van der Waals surface area contributed by atoms with Crippen LogP contribution in [0, 0.1) is 0 Å². The molecule has 0 radical (unpaired) electrons. The van der Waals surface area contributed by atoms with Crippen LogP contribution in [0.5, 0.6) is 0 Å². The number of rotatable bonds is 2. The lowest BCUT2D eigenvalue weighted by Gasteiger charge is -2.14. The SMILES string of the molecule is c1cc2cc(CN3CCCC3)ccc2[nH]1. The number of benzene rings is 1. The maximum atomic E-state index is 3.23. The van der Waals surface area contributed by atoms with Crippen LogP contribution in [-0.2, 0) is 6.54 Å². The molecule has 2 aromatic rings. The number of aromatic nitrogens is 1. The van der Waals surface area contributed by atoms with E-state index in [1.165, 1.54) is 42.4 Å². The van der Waals surface area contributed by atoms with E-state index in [0.29, 0.717) is 0 Å². The third-order valence-electron chi connectivity index (χ3n) is 3.22. The molecule has 1 N–H and O–H groups in total. The first-order valence-electron chi connectivity index (χ1n) is 5.70. The third-order valence-corrected chi connectivity index (χ3v) is 3.22. The smallest absolute Gasteiger partial charge is 0.0454 e. The summed E-state index contributed by atoms with van der Waals surface area (Å²) in [6.45, 7) is 3.65. The second-order valence-corrected chi connectivity index (χ2v) is 4.38. The van der Waals surface area contributed by atoms with Crippen molar-refractivity contribution in [3.63, 3.8) is 0 Å². The summed E-state index contributed by atoms with van der Waals surface area (Å²) in [7, 11) is 0. The molecule has 1 aromatic carbocycles. The fraction of sp³-hybridized carbons (Fsp3) is 0.385. The summed E-state index contributed by atoms with van der Waals surface area (Å²) in [6, 6.07) is 8.85. The minimum atomic E-state index is 1.11. The Labute approximate surface area is 89.9 Å². The lowest BCUT2D eigenvalue weighted by Crippen LogP contribution is -2.18. The van der Waals surface area contributed by atoms with Crippen molar-refractivity contribution in [2.45, 2.75) is 19.4 Å². The Balaban J connectivity index is 1.84. The van der Waals surface area contributed by atoms with Gasteiger partial charge in [0.05, 0.1) is 0 Å². The zero-order valence-electron chi connectivity index (χ0n) is 8.87. The number of hydrogen-bond donors (Lipinski definition) is 1. The first kappa shape index (κ1) is 8.98. The van der Waals surface area contributed by atoms with E-state index >= 15 is 0 Å². The van der Waals surface area contributed by atoms with Crippen molar-refractivity contribution in [2.24, 2.45) is 0 Å². The lowest BCUT2D eigenvalue weighted by molar-refractivity contribution is 0.331. The molecule has 1 aromatic heterocycles. The molecule has 0 aliphatic carbocycles. The van der Waals surface area contributed by atoms with E-state index in [-0.39, 0.29) is 0 Å². The molecule has 1 fully saturated rings. The molecule has 0 saturated carbocycles. The number of fused-ring (bicyclic) bond motifs is 1. The summed E-state index contributed by atoms with van der Waals surface area (Å²) < 4.78 is 0. The van der Waals surface area contributed by atoms with E-state index in [2.05, 4.69) is 34.1 Å². The van der Waals surface area contributed by atoms with Crippen LogP contribution in [0.25, 0.3) is 10.9 Å². The van der Waals surface area contributed by atoms with Crippen molar-refractivity contribution in [3.8, 4) is 0 Å². The maximum Gasteiger partial charge on any atom is 0.0454 e. The number of hydrogen-bond acceptors (Lipinski definition) is 1. The standard InChI is InChI=1S/C13H16N2/c1-2-8-15(7-1)10-11-3-4-13-12(9-11)5-6-14-13/h3-6,9,14H,1-2,7-8,10H2. The van der Waals surface area contributed by atoms with Gasteiger partial charge in [0, 0.05) is 18.3 Å². The van der Waals surface area contributed by atoms with Crippen LogP contribution in [0.2, 0.25) is 0 Å². The first-order chi connectivity index (χ1) is 7.42. The van der Waals surface area contributed by atoms with E-state index in [4.69, 9.17) is 0 Å². The Bertz CT molecular complexity index is 452. The number of nitrogens with zero attached hydrogens (tertiary/aromatic N) is 1. The number of H-pyrrole nitrogens is 1. The fourth-order valence-corrected chi connectivity index (χ4v) is 2.40. The molecule has 0 unspecified atom stereocenters. The molecule has 2 heterocycles. The second-order valence-electron chi connectivity index (χ2n) is 4.38. The average Bonchev–Trinajstić information content (AvgIpc) is 2.87. The Morgan fingerprint density at radius 1 is 1.13 bits per heavy atom. The summed E-state index contributed by atoms with van der Waals surface area (Å²) in [6.07, 6.45) is 4.74. The molecule has 1 aliphatic rings. The molecular formula is C13H16N2. The van der Waals surface area contributed by atoms with Gasteiger partial charge in [-0.25, -0.2) is 0 Å². The Morgan fingerprint density at radius 3 is 2.87 bits per heavy atom. The van der Waals surface area contributed by atoms with Crippen molar-refractivity contribution < 1.29 is 0 Å². The van der Waals surface area contributed by atoms with Gasteiger partial charge in [-0.2, -0.15) is 0 Å². The highest BCUT2D eigenvalue weighted by Gasteiger charge is 2.11. The Morgan fingerprint density at radius 2 is 2.00 bits per heavy atom. The van der Waals surface area contributed by atoms with Crippen LogP contribution in [0.3, 0.4) is 0 Å². The van der Waals surface area contributed by atoms with E-state index < -0.39 is 0 Å². The molecule has 0 spiro atoms. The van der Waals surface area contributed by atoms with Crippen LogP contribution in [0.15, 0.2) is 30.5 Å². The minimum Gasteiger partial charge on any atom is -0.361 e. The van der Waals surface area contributed by atoms with Crippen LogP contribution in [0.1, 0.15) is 18.4 Å². The first-order valence-corrected chi connectivity index (χ1v) is 5.70. The lowest BCUT2D eigenvalue weighted by atomic mass is 10.1. The molecule has 1 aliphatic heterocycles. The highest BCUT2D eigenvalue weighted by Crippen LogP contribution is 2.17. The van der Waals surface area contributed by atoms with Crippen LogP contribution >= 0.6 is 0 Å². The van der Waals surface area contributed by atoms with Gasteiger partial charge in [-0.3, -0.25) is 4.90 Å². The van der Waals surface area contributed by atoms with Gasteiger partial charge in [-0.15, -0.1) is 0 Å². The van der Waals surface area contributed by atoms with Gasteiger partial charge in [-0.1, -0.05) is 6.07 Å². The fourth-order valence-electron chi connectivity index (χ4n) is 2.40. The maximum absolute atomic E-state index is 3.23. The quantitative estimate of drug-likeness (QED) is 0.789. The third kappa shape index (κ3) is 1.77. The molecule has 2 nitrogen and oxygen atoms in total. The zero-order chi connectivity index (χ0) is 10.1. The summed E-state index contributed by atoms with van der Waals surface area (Å²) in [5.41, 5.74) is 2.67. The molecule has 0 amide bonds. The van der Waals surface area contributed by atoms with E-state index in [9.17, 15) is 0 Å². The molecule has 0 bridgehead atoms. The number of nitrogens with one attached hydrogen (secondary N) is 1. The summed E-state index contributed by atoms with van der Waals surface area (Å²) in [4.78, 5) is 5.76. The van der Waals surface area contributed by atoms with Crippen molar-refractivity contribution in [1.29, 1.82) is 0 Å². The summed E-state index contributed by atoms with van der Waals surface area (Å²) in [5.74, 6) is 0. The van der Waals surface area contributed by atoms with Crippen molar-refractivity contribution in [2.75, 3.05) is 13.1 Å². The van der Waals surface area contributed by atoms with Gasteiger partial charge in [0.15, 0.2) is 0 Å². The monoisotopic (exact) mass is 200 g/mol. The van der Waals surface area contributed by atoms with Gasteiger partial charge < -0.3 is 4.98 Å². The summed E-state index contributed by atoms with van der Waals surface area (Å²) in [5, 5.41) is 1.33. The van der Waals surface area contributed by atoms with Crippen molar-refractivity contribution in [3.05, 3.63) is 36.0 Å². The van der Waals surface area contributed by atoms with Gasteiger partial charge >= 0.3 is 0 Å². The van der Waals surface area contributed by atoms with Gasteiger partial charge in [0.2, 0.25) is 0 Å².